The van der Waals surface area contributed by atoms with E-state index in [4.69, 9.17) is 10.8 Å². The number of benzene rings is 1. The molecule has 2 rings (SSSR count). The Morgan fingerprint density at radius 3 is 2.63 bits per heavy atom. The molecule has 1 aliphatic rings. The molecule has 1 aliphatic heterocycles. The summed E-state index contributed by atoms with van der Waals surface area (Å²) in [5, 5.41) is 8.92. The quantitative estimate of drug-likeness (QED) is 0.827. The summed E-state index contributed by atoms with van der Waals surface area (Å²) in [7, 11) is 0. The zero-order valence-corrected chi connectivity index (χ0v) is 10.7. The monoisotopic (exact) mass is 262 g/mol. The van der Waals surface area contributed by atoms with Crippen molar-refractivity contribution in [1.29, 1.82) is 0 Å². The predicted octanol–water partition coefficient (Wildman–Crippen LogP) is 0.489. The molecule has 102 valence electrons. The van der Waals surface area contributed by atoms with Gasteiger partial charge in [-0.25, -0.2) is 0 Å². The maximum atomic E-state index is 12.1. The van der Waals surface area contributed by atoms with Gasteiger partial charge in [-0.15, -0.1) is 0 Å². The number of nitrogens with zero attached hydrogens (tertiary/aromatic N) is 1. The maximum absolute atomic E-state index is 12.1. The van der Waals surface area contributed by atoms with Crippen molar-refractivity contribution in [3.8, 4) is 0 Å². The van der Waals surface area contributed by atoms with Crippen molar-refractivity contribution < 1.29 is 14.7 Å². The molecule has 5 nitrogen and oxygen atoms in total. The Balaban J connectivity index is 1.91. The number of hydrogen-bond donors (Lipinski definition) is 2. The van der Waals surface area contributed by atoms with Gasteiger partial charge < -0.3 is 15.7 Å². The standard InChI is InChI=1S/C14H18N2O3/c15-12(8-10-4-2-1-3-5-10)13(17)16-7-6-11(9-16)14(18)19/h1-5,11-12H,6-9,15H2,(H,18,19)/t11?,12-/m1/s1. The Morgan fingerprint density at radius 2 is 2.05 bits per heavy atom. The number of carboxylic acid groups (broad SMARTS) is 1. The molecule has 19 heavy (non-hydrogen) atoms. The molecule has 0 aliphatic carbocycles. The third-order valence-electron chi connectivity index (χ3n) is 3.46. The van der Waals surface area contributed by atoms with Crippen LogP contribution < -0.4 is 5.73 Å². The molecule has 0 aromatic heterocycles. The largest absolute Gasteiger partial charge is 0.481 e. The lowest BCUT2D eigenvalue weighted by Crippen LogP contribution is -2.44. The van der Waals surface area contributed by atoms with Crippen LogP contribution in [-0.2, 0) is 16.0 Å². The van der Waals surface area contributed by atoms with Crippen LogP contribution >= 0.6 is 0 Å². The average molecular weight is 262 g/mol. The van der Waals surface area contributed by atoms with Gasteiger partial charge in [-0.1, -0.05) is 30.3 Å². The van der Waals surface area contributed by atoms with Gasteiger partial charge in [0.2, 0.25) is 5.91 Å². The highest BCUT2D eigenvalue weighted by Gasteiger charge is 2.32. The third-order valence-corrected chi connectivity index (χ3v) is 3.46. The summed E-state index contributed by atoms with van der Waals surface area (Å²) in [6.07, 6.45) is 0.993. The van der Waals surface area contributed by atoms with Gasteiger partial charge in [0.1, 0.15) is 0 Å². The molecule has 1 heterocycles. The zero-order valence-electron chi connectivity index (χ0n) is 10.7. The highest BCUT2D eigenvalue weighted by molar-refractivity contribution is 5.83. The number of carbonyl (C=O) groups excluding carboxylic acids is 1. The SMILES string of the molecule is N[C@H](Cc1ccccc1)C(=O)N1CCC(C(=O)O)C1. The van der Waals surface area contributed by atoms with E-state index in [-0.39, 0.29) is 12.5 Å². The fraction of sp³-hybridized carbons (Fsp3) is 0.429. The lowest BCUT2D eigenvalue weighted by Gasteiger charge is -2.20. The van der Waals surface area contributed by atoms with Crippen molar-refractivity contribution in [3.05, 3.63) is 35.9 Å². The van der Waals surface area contributed by atoms with Crippen LogP contribution in [0.4, 0.5) is 0 Å². The van der Waals surface area contributed by atoms with Crippen LogP contribution in [-0.4, -0.2) is 41.0 Å². The molecular formula is C14H18N2O3. The maximum Gasteiger partial charge on any atom is 0.308 e. The first kappa shape index (κ1) is 13.5. The minimum atomic E-state index is -0.841. The average Bonchev–Trinajstić information content (AvgIpc) is 2.88. The number of carboxylic acids is 1. The number of amides is 1. The molecule has 0 bridgehead atoms. The minimum Gasteiger partial charge on any atom is -0.481 e. The van der Waals surface area contributed by atoms with Crippen molar-refractivity contribution >= 4 is 11.9 Å². The van der Waals surface area contributed by atoms with Crippen LogP contribution in [0.2, 0.25) is 0 Å². The summed E-state index contributed by atoms with van der Waals surface area (Å²) in [6.45, 7) is 0.759. The summed E-state index contributed by atoms with van der Waals surface area (Å²) in [5.74, 6) is -1.45. The Hall–Kier alpha value is -1.88. The van der Waals surface area contributed by atoms with Gasteiger partial charge in [0.15, 0.2) is 0 Å². The van der Waals surface area contributed by atoms with Gasteiger partial charge in [0.05, 0.1) is 12.0 Å². The molecule has 1 aromatic rings. The Bertz CT molecular complexity index is 461. The molecular weight excluding hydrogens is 244 g/mol. The molecule has 1 saturated heterocycles. The first-order chi connectivity index (χ1) is 9.08. The van der Waals surface area contributed by atoms with E-state index in [1.807, 2.05) is 30.3 Å². The Kier molecular flexibility index (Phi) is 4.16. The number of hydrogen-bond acceptors (Lipinski definition) is 3. The summed E-state index contributed by atoms with van der Waals surface area (Å²) >= 11 is 0. The molecule has 1 amide bonds. The molecule has 1 fully saturated rings. The van der Waals surface area contributed by atoms with E-state index in [0.29, 0.717) is 19.4 Å². The topological polar surface area (TPSA) is 83.6 Å². The van der Waals surface area contributed by atoms with Crippen LogP contribution in [0.5, 0.6) is 0 Å². The van der Waals surface area contributed by atoms with Crippen LogP contribution in [0.25, 0.3) is 0 Å². The second-order valence-corrected chi connectivity index (χ2v) is 4.90. The van der Waals surface area contributed by atoms with E-state index in [2.05, 4.69) is 0 Å². The first-order valence-electron chi connectivity index (χ1n) is 6.39. The molecule has 5 heteroatoms. The summed E-state index contributed by atoms with van der Waals surface area (Å²) in [5.41, 5.74) is 6.92. The van der Waals surface area contributed by atoms with E-state index in [9.17, 15) is 9.59 Å². The van der Waals surface area contributed by atoms with E-state index in [1.165, 1.54) is 0 Å². The summed E-state index contributed by atoms with van der Waals surface area (Å²) < 4.78 is 0. The summed E-state index contributed by atoms with van der Waals surface area (Å²) in [6, 6.07) is 8.98. The minimum absolute atomic E-state index is 0.160. The second-order valence-electron chi connectivity index (χ2n) is 4.90. The molecule has 0 radical (unpaired) electrons. The number of aliphatic carboxylic acids is 1. The number of likely N-dealkylation sites (tertiary alicyclic amines) is 1. The normalized spacial score (nSPS) is 20.3. The number of carbonyl (C=O) groups is 2. The fourth-order valence-corrected chi connectivity index (χ4v) is 2.35. The van der Waals surface area contributed by atoms with Crippen LogP contribution in [0, 0.1) is 5.92 Å². The highest BCUT2D eigenvalue weighted by atomic mass is 16.4. The Labute approximate surface area is 112 Å². The number of nitrogens with two attached hydrogens (primary N) is 1. The molecule has 2 atom stereocenters. The molecule has 3 N–H and O–H groups in total. The smallest absolute Gasteiger partial charge is 0.308 e. The van der Waals surface area contributed by atoms with Gasteiger partial charge in [0, 0.05) is 13.1 Å². The van der Waals surface area contributed by atoms with E-state index >= 15 is 0 Å². The first-order valence-corrected chi connectivity index (χ1v) is 6.39. The van der Waals surface area contributed by atoms with Crippen molar-refractivity contribution in [1.82, 2.24) is 4.90 Å². The highest BCUT2D eigenvalue weighted by Crippen LogP contribution is 2.17. The third kappa shape index (κ3) is 3.32. The number of rotatable bonds is 4. The van der Waals surface area contributed by atoms with Crippen LogP contribution in [0.15, 0.2) is 30.3 Å². The fourth-order valence-electron chi connectivity index (χ4n) is 2.35. The molecule has 0 spiro atoms. The summed E-state index contributed by atoms with van der Waals surface area (Å²) in [4.78, 5) is 24.5. The van der Waals surface area contributed by atoms with Gasteiger partial charge >= 0.3 is 5.97 Å². The van der Waals surface area contributed by atoms with Crippen LogP contribution in [0.1, 0.15) is 12.0 Å². The van der Waals surface area contributed by atoms with E-state index < -0.39 is 17.9 Å². The van der Waals surface area contributed by atoms with Gasteiger partial charge in [-0.05, 0) is 18.4 Å². The van der Waals surface area contributed by atoms with E-state index in [0.717, 1.165) is 5.56 Å². The Morgan fingerprint density at radius 1 is 1.37 bits per heavy atom. The predicted molar refractivity (Wildman–Crippen MR) is 70.4 cm³/mol. The lowest BCUT2D eigenvalue weighted by molar-refractivity contribution is -0.141. The zero-order chi connectivity index (χ0) is 13.8. The van der Waals surface area contributed by atoms with Crippen LogP contribution in [0.3, 0.4) is 0 Å². The molecule has 1 unspecified atom stereocenters. The lowest BCUT2D eigenvalue weighted by atomic mass is 10.1. The van der Waals surface area contributed by atoms with Gasteiger partial charge in [-0.3, -0.25) is 9.59 Å². The molecule has 1 aromatic carbocycles. The van der Waals surface area contributed by atoms with Crippen molar-refractivity contribution in [3.63, 3.8) is 0 Å². The van der Waals surface area contributed by atoms with Gasteiger partial charge in [-0.2, -0.15) is 0 Å². The second kappa shape index (κ2) is 5.84. The molecule has 0 saturated carbocycles. The van der Waals surface area contributed by atoms with Crippen molar-refractivity contribution in [2.45, 2.75) is 18.9 Å². The van der Waals surface area contributed by atoms with E-state index in [1.54, 1.807) is 4.90 Å². The van der Waals surface area contributed by atoms with Gasteiger partial charge in [0.25, 0.3) is 0 Å². The van der Waals surface area contributed by atoms with Crippen molar-refractivity contribution in [2.75, 3.05) is 13.1 Å². The van der Waals surface area contributed by atoms with Crippen molar-refractivity contribution in [2.24, 2.45) is 11.7 Å².